The van der Waals surface area contributed by atoms with E-state index in [0.717, 1.165) is 19.4 Å². The average molecular weight is 280 g/mol. The van der Waals surface area contributed by atoms with E-state index in [1.807, 2.05) is 0 Å². The molecule has 1 heterocycles. The molecule has 0 aromatic heterocycles. The number of likely N-dealkylation sites (N-methyl/N-ethyl adjacent to an activating group) is 1. The molecule has 1 saturated carbocycles. The van der Waals surface area contributed by atoms with Crippen molar-refractivity contribution in [2.45, 2.75) is 70.8 Å². The standard InChI is InChI=1S/C16H28N2O2/c1-2-17-14(13-8-4-3-5-9-13)12-18-15(19)10-6-7-11-16(18)20/h13-14,17H,2-12H2,1H3. The van der Waals surface area contributed by atoms with Crippen molar-refractivity contribution < 1.29 is 9.59 Å². The Morgan fingerprint density at radius 3 is 2.20 bits per heavy atom. The van der Waals surface area contributed by atoms with E-state index in [-0.39, 0.29) is 17.9 Å². The average Bonchev–Trinajstić information content (AvgIpc) is 2.62. The van der Waals surface area contributed by atoms with Gasteiger partial charge in [-0.2, -0.15) is 0 Å². The highest BCUT2D eigenvalue weighted by molar-refractivity contribution is 5.96. The predicted molar refractivity (Wildman–Crippen MR) is 79.2 cm³/mol. The molecule has 1 N–H and O–H groups in total. The summed E-state index contributed by atoms with van der Waals surface area (Å²) in [6.07, 6.45) is 9.15. The molecule has 2 amide bonds. The molecule has 0 radical (unpaired) electrons. The Kier molecular flexibility index (Phi) is 6.02. The second kappa shape index (κ2) is 7.77. The lowest BCUT2D eigenvalue weighted by atomic mass is 9.83. The van der Waals surface area contributed by atoms with E-state index >= 15 is 0 Å². The quantitative estimate of drug-likeness (QED) is 0.787. The van der Waals surface area contributed by atoms with Gasteiger partial charge < -0.3 is 5.32 Å². The van der Waals surface area contributed by atoms with Crippen LogP contribution in [0, 0.1) is 5.92 Å². The molecule has 0 aromatic carbocycles. The molecule has 1 aliphatic carbocycles. The van der Waals surface area contributed by atoms with Gasteiger partial charge in [-0.05, 0) is 38.1 Å². The van der Waals surface area contributed by atoms with Gasteiger partial charge in [-0.3, -0.25) is 14.5 Å². The van der Waals surface area contributed by atoms with Crippen molar-refractivity contribution in [2.75, 3.05) is 13.1 Å². The number of hydrogen-bond donors (Lipinski definition) is 1. The third-order valence-electron chi connectivity index (χ3n) is 4.70. The van der Waals surface area contributed by atoms with Crippen LogP contribution in [0.15, 0.2) is 0 Å². The number of hydrogen-bond acceptors (Lipinski definition) is 3. The molecule has 0 aromatic rings. The molecule has 1 saturated heterocycles. The molecule has 2 aliphatic rings. The number of nitrogens with zero attached hydrogens (tertiary/aromatic N) is 1. The van der Waals surface area contributed by atoms with E-state index in [1.54, 1.807) is 0 Å². The monoisotopic (exact) mass is 280 g/mol. The highest BCUT2D eigenvalue weighted by atomic mass is 16.2. The highest BCUT2D eigenvalue weighted by Crippen LogP contribution is 2.27. The molecule has 4 nitrogen and oxygen atoms in total. The first-order valence-corrected chi connectivity index (χ1v) is 8.29. The Balaban J connectivity index is 2.01. The number of amides is 2. The molecule has 114 valence electrons. The maximum absolute atomic E-state index is 12.1. The van der Waals surface area contributed by atoms with Crippen LogP contribution < -0.4 is 5.32 Å². The minimum Gasteiger partial charge on any atom is -0.312 e. The van der Waals surface area contributed by atoms with Crippen LogP contribution in [-0.2, 0) is 9.59 Å². The smallest absolute Gasteiger partial charge is 0.229 e. The lowest BCUT2D eigenvalue weighted by molar-refractivity contribution is -0.144. The van der Waals surface area contributed by atoms with Gasteiger partial charge in [0.1, 0.15) is 0 Å². The predicted octanol–water partition coefficient (Wildman–Crippen LogP) is 2.47. The van der Waals surface area contributed by atoms with Gasteiger partial charge in [-0.15, -0.1) is 0 Å². The normalized spacial score (nSPS) is 23.8. The van der Waals surface area contributed by atoms with E-state index in [2.05, 4.69) is 12.2 Å². The number of carbonyl (C=O) groups excluding carboxylic acids is 2. The van der Waals surface area contributed by atoms with Gasteiger partial charge in [0.25, 0.3) is 0 Å². The fraction of sp³-hybridized carbons (Fsp3) is 0.875. The van der Waals surface area contributed by atoms with Gasteiger partial charge in [0.05, 0.1) is 0 Å². The molecule has 0 spiro atoms. The minimum atomic E-state index is 0.0335. The first-order valence-electron chi connectivity index (χ1n) is 8.29. The van der Waals surface area contributed by atoms with Crippen LogP contribution in [0.4, 0.5) is 0 Å². The van der Waals surface area contributed by atoms with Crippen molar-refractivity contribution in [1.82, 2.24) is 10.2 Å². The molecule has 1 unspecified atom stereocenters. The molecule has 20 heavy (non-hydrogen) atoms. The number of likely N-dealkylation sites (tertiary alicyclic amines) is 1. The summed E-state index contributed by atoms with van der Waals surface area (Å²) in [6, 6.07) is 0.284. The highest BCUT2D eigenvalue weighted by Gasteiger charge is 2.30. The summed E-state index contributed by atoms with van der Waals surface area (Å²) >= 11 is 0. The lowest BCUT2D eigenvalue weighted by Crippen LogP contribution is -2.49. The molecular formula is C16H28N2O2. The molecule has 1 aliphatic heterocycles. The second-order valence-electron chi connectivity index (χ2n) is 6.17. The van der Waals surface area contributed by atoms with E-state index < -0.39 is 0 Å². The molecule has 2 fully saturated rings. The molecular weight excluding hydrogens is 252 g/mol. The van der Waals surface area contributed by atoms with E-state index in [0.29, 0.717) is 25.3 Å². The second-order valence-corrected chi connectivity index (χ2v) is 6.17. The van der Waals surface area contributed by atoms with Gasteiger partial charge >= 0.3 is 0 Å². The van der Waals surface area contributed by atoms with Crippen LogP contribution in [0.25, 0.3) is 0 Å². The van der Waals surface area contributed by atoms with Crippen molar-refractivity contribution in [2.24, 2.45) is 5.92 Å². The van der Waals surface area contributed by atoms with E-state index in [4.69, 9.17) is 0 Å². The zero-order valence-electron chi connectivity index (χ0n) is 12.7. The Bertz CT molecular complexity index is 319. The third-order valence-corrected chi connectivity index (χ3v) is 4.70. The summed E-state index contributed by atoms with van der Waals surface area (Å²) in [6.45, 7) is 3.58. The molecule has 1 atom stereocenters. The summed E-state index contributed by atoms with van der Waals surface area (Å²) in [4.78, 5) is 25.8. The maximum atomic E-state index is 12.1. The fourth-order valence-electron chi connectivity index (χ4n) is 3.54. The van der Waals surface area contributed by atoms with Gasteiger partial charge in [0, 0.05) is 25.4 Å². The summed E-state index contributed by atoms with van der Waals surface area (Å²) in [7, 11) is 0. The first-order chi connectivity index (χ1) is 9.72. The van der Waals surface area contributed by atoms with Gasteiger partial charge in [0.15, 0.2) is 0 Å². The van der Waals surface area contributed by atoms with Crippen LogP contribution in [0.1, 0.15) is 64.7 Å². The van der Waals surface area contributed by atoms with Crippen molar-refractivity contribution >= 4 is 11.8 Å². The topological polar surface area (TPSA) is 49.4 Å². The van der Waals surface area contributed by atoms with Crippen LogP contribution in [0.3, 0.4) is 0 Å². The van der Waals surface area contributed by atoms with Crippen molar-refractivity contribution in [3.8, 4) is 0 Å². The van der Waals surface area contributed by atoms with Gasteiger partial charge in [-0.1, -0.05) is 26.2 Å². The summed E-state index contributed by atoms with van der Waals surface area (Å²) in [5, 5.41) is 3.52. The van der Waals surface area contributed by atoms with Crippen LogP contribution in [-0.4, -0.2) is 35.8 Å². The van der Waals surface area contributed by atoms with Crippen LogP contribution >= 0.6 is 0 Å². The van der Waals surface area contributed by atoms with Gasteiger partial charge in [0.2, 0.25) is 11.8 Å². The summed E-state index contributed by atoms with van der Waals surface area (Å²) in [5.74, 6) is 0.685. The Morgan fingerprint density at radius 1 is 1.05 bits per heavy atom. The molecule has 0 bridgehead atoms. The van der Waals surface area contributed by atoms with E-state index in [1.165, 1.54) is 37.0 Å². The third kappa shape index (κ3) is 4.05. The number of imide groups is 1. The van der Waals surface area contributed by atoms with Crippen molar-refractivity contribution in [1.29, 1.82) is 0 Å². The van der Waals surface area contributed by atoms with Gasteiger partial charge in [-0.25, -0.2) is 0 Å². The molecule has 2 rings (SSSR count). The van der Waals surface area contributed by atoms with E-state index in [9.17, 15) is 9.59 Å². The fourth-order valence-corrected chi connectivity index (χ4v) is 3.54. The minimum absolute atomic E-state index is 0.0335. The number of nitrogens with one attached hydrogen (secondary N) is 1. The zero-order valence-corrected chi connectivity index (χ0v) is 12.7. The Labute approximate surface area is 122 Å². The lowest BCUT2D eigenvalue weighted by Gasteiger charge is -2.34. The Hall–Kier alpha value is -0.900. The maximum Gasteiger partial charge on any atom is 0.229 e. The van der Waals surface area contributed by atoms with Crippen molar-refractivity contribution in [3.05, 3.63) is 0 Å². The number of rotatable bonds is 5. The SMILES string of the molecule is CCNC(CN1C(=O)CCCCC1=O)C1CCCCC1. The van der Waals surface area contributed by atoms with Crippen LogP contribution in [0.2, 0.25) is 0 Å². The number of carbonyl (C=O) groups is 2. The van der Waals surface area contributed by atoms with Crippen LogP contribution in [0.5, 0.6) is 0 Å². The molecule has 4 heteroatoms. The summed E-state index contributed by atoms with van der Waals surface area (Å²) in [5.41, 5.74) is 0. The van der Waals surface area contributed by atoms with Crippen molar-refractivity contribution in [3.63, 3.8) is 0 Å². The first kappa shape index (κ1) is 15.5. The zero-order chi connectivity index (χ0) is 14.4. The largest absolute Gasteiger partial charge is 0.312 e. The summed E-state index contributed by atoms with van der Waals surface area (Å²) < 4.78 is 0. The Morgan fingerprint density at radius 2 is 1.65 bits per heavy atom.